The van der Waals surface area contributed by atoms with Crippen LogP contribution in [0.3, 0.4) is 0 Å². The molecule has 1 aromatic carbocycles. The number of rotatable bonds is 4. The highest BCUT2D eigenvalue weighted by Crippen LogP contribution is 2.18. The molecule has 1 aromatic rings. The summed E-state index contributed by atoms with van der Waals surface area (Å²) >= 11 is 0. The van der Waals surface area contributed by atoms with Crippen LogP contribution in [0.2, 0.25) is 0 Å². The largest absolute Gasteiger partial charge is 0.324 e. The molecule has 1 unspecified atom stereocenters. The molecule has 4 heteroatoms. The molecule has 0 heterocycles. The minimum Gasteiger partial charge on any atom is -0.324 e. The van der Waals surface area contributed by atoms with Gasteiger partial charge >= 0.3 is 0 Å². The number of nitrogens with two attached hydrogens (primary N) is 1. The molecule has 0 aliphatic heterocycles. The van der Waals surface area contributed by atoms with E-state index in [0.29, 0.717) is 6.42 Å². The summed E-state index contributed by atoms with van der Waals surface area (Å²) in [6.45, 7) is 3.58. The number of hydrogen-bond acceptors (Lipinski definition) is 3. The number of nitro groups is 1. The van der Waals surface area contributed by atoms with Gasteiger partial charge in [0.25, 0.3) is 5.69 Å². The highest BCUT2D eigenvalue weighted by molar-refractivity contribution is 5.34. The Kier molecular flexibility index (Phi) is 3.36. The van der Waals surface area contributed by atoms with Crippen molar-refractivity contribution in [3.8, 4) is 0 Å². The maximum atomic E-state index is 10.4. The third-order valence-corrected chi connectivity index (χ3v) is 1.95. The van der Waals surface area contributed by atoms with E-state index in [1.165, 1.54) is 12.1 Å². The molecule has 0 saturated heterocycles. The van der Waals surface area contributed by atoms with Gasteiger partial charge in [-0.3, -0.25) is 10.1 Å². The second-order valence-electron chi connectivity index (χ2n) is 2.98. The van der Waals surface area contributed by atoms with Gasteiger partial charge in [-0.05, 0) is 12.0 Å². The molecular formula is C10H12N2O2. The first-order valence-corrected chi connectivity index (χ1v) is 4.26. The molecule has 4 nitrogen and oxygen atoms in total. The summed E-state index contributed by atoms with van der Waals surface area (Å²) in [7, 11) is 0. The van der Waals surface area contributed by atoms with Crippen LogP contribution in [0.5, 0.6) is 0 Å². The Morgan fingerprint density at radius 3 is 2.50 bits per heavy atom. The maximum Gasteiger partial charge on any atom is 0.269 e. The van der Waals surface area contributed by atoms with Gasteiger partial charge in [0.15, 0.2) is 0 Å². The summed E-state index contributed by atoms with van der Waals surface area (Å²) in [4.78, 5) is 9.94. The number of non-ortho nitro benzene ring substituents is 1. The van der Waals surface area contributed by atoms with E-state index in [0.717, 1.165) is 5.56 Å². The highest BCUT2D eigenvalue weighted by atomic mass is 16.6. The van der Waals surface area contributed by atoms with Crippen LogP contribution in [0.15, 0.2) is 36.9 Å². The quantitative estimate of drug-likeness (QED) is 0.451. The van der Waals surface area contributed by atoms with Gasteiger partial charge in [0.1, 0.15) is 0 Å². The van der Waals surface area contributed by atoms with Crippen LogP contribution in [0.4, 0.5) is 5.69 Å². The van der Waals surface area contributed by atoms with Crippen molar-refractivity contribution in [2.75, 3.05) is 0 Å². The predicted octanol–water partition coefficient (Wildman–Crippen LogP) is 2.17. The Labute approximate surface area is 82.2 Å². The monoisotopic (exact) mass is 192 g/mol. The van der Waals surface area contributed by atoms with Gasteiger partial charge in [0.05, 0.1) is 4.92 Å². The zero-order valence-electron chi connectivity index (χ0n) is 7.72. The number of hydrogen-bond donors (Lipinski definition) is 1. The Morgan fingerprint density at radius 2 is 2.07 bits per heavy atom. The molecule has 0 radical (unpaired) electrons. The van der Waals surface area contributed by atoms with Gasteiger partial charge in [-0.15, -0.1) is 6.58 Å². The van der Waals surface area contributed by atoms with E-state index < -0.39 is 4.92 Å². The van der Waals surface area contributed by atoms with Gasteiger partial charge in [0.2, 0.25) is 0 Å². The molecular weight excluding hydrogens is 180 g/mol. The number of benzene rings is 1. The van der Waals surface area contributed by atoms with Crippen molar-refractivity contribution in [2.45, 2.75) is 12.5 Å². The average molecular weight is 192 g/mol. The third kappa shape index (κ3) is 2.40. The molecule has 0 aromatic heterocycles. The second kappa shape index (κ2) is 4.53. The van der Waals surface area contributed by atoms with E-state index in [2.05, 4.69) is 6.58 Å². The average Bonchev–Trinajstić information content (AvgIpc) is 2.18. The fraction of sp³-hybridized carbons (Fsp3) is 0.200. The van der Waals surface area contributed by atoms with Gasteiger partial charge < -0.3 is 5.73 Å². The van der Waals surface area contributed by atoms with E-state index in [4.69, 9.17) is 5.73 Å². The van der Waals surface area contributed by atoms with Crippen molar-refractivity contribution in [2.24, 2.45) is 5.73 Å². The predicted molar refractivity (Wildman–Crippen MR) is 54.8 cm³/mol. The van der Waals surface area contributed by atoms with Crippen LogP contribution in [0, 0.1) is 10.1 Å². The Morgan fingerprint density at radius 1 is 1.50 bits per heavy atom. The molecule has 14 heavy (non-hydrogen) atoms. The highest BCUT2D eigenvalue weighted by Gasteiger charge is 2.07. The molecule has 74 valence electrons. The molecule has 0 aliphatic rings. The third-order valence-electron chi connectivity index (χ3n) is 1.95. The van der Waals surface area contributed by atoms with E-state index in [1.54, 1.807) is 18.2 Å². The maximum absolute atomic E-state index is 10.4. The van der Waals surface area contributed by atoms with E-state index in [9.17, 15) is 10.1 Å². The molecule has 0 aliphatic carbocycles. The number of nitro benzene ring substituents is 1. The summed E-state index contributed by atoms with van der Waals surface area (Å²) in [5.41, 5.74) is 6.76. The first-order valence-electron chi connectivity index (χ1n) is 4.26. The molecule has 0 fully saturated rings. The first-order chi connectivity index (χ1) is 6.65. The van der Waals surface area contributed by atoms with Crippen LogP contribution in [0.25, 0.3) is 0 Å². The lowest BCUT2D eigenvalue weighted by molar-refractivity contribution is -0.384. The van der Waals surface area contributed by atoms with E-state index in [1.807, 2.05) is 0 Å². The smallest absolute Gasteiger partial charge is 0.269 e. The van der Waals surface area contributed by atoms with Crippen LogP contribution in [-0.2, 0) is 0 Å². The summed E-state index contributed by atoms with van der Waals surface area (Å²) in [5.74, 6) is 0. The van der Waals surface area contributed by atoms with Gasteiger partial charge in [0, 0.05) is 18.2 Å². The summed E-state index contributed by atoms with van der Waals surface area (Å²) in [5, 5.41) is 10.4. The van der Waals surface area contributed by atoms with Crippen molar-refractivity contribution < 1.29 is 4.92 Å². The van der Waals surface area contributed by atoms with Crippen molar-refractivity contribution in [3.63, 3.8) is 0 Å². The van der Waals surface area contributed by atoms with Crippen LogP contribution in [0.1, 0.15) is 18.0 Å². The van der Waals surface area contributed by atoms with Crippen LogP contribution < -0.4 is 5.73 Å². The van der Waals surface area contributed by atoms with Crippen molar-refractivity contribution in [3.05, 3.63) is 52.6 Å². The lowest BCUT2D eigenvalue weighted by Crippen LogP contribution is -2.08. The summed E-state index contributed by atoms with van der Waals surface area (Å²) in [6, 6.07) is 6.13. The zero-order valence-corrected chi connectivity index (χ0v) is 7.72. The van der Waals surface area contributed by atoms with Crippen LogP contribution in [-0.4, -0.2) is 4.92 Å². The summed E-state index contributed by atoms with van der Waals surface area (Å²) < 4.78 is 0. The molecule has 1 rings (SSSR count). The SMILES string of the molecule is C=CCC(N)c1ccc([N+](=O)[O-])cc1. The van der Waals surface area contributed by atoms with Gasteiger partial charge in [-0.2, -0.15) is 0 Å². The Balaban J connectivity index is 2.82. The topological polar surface area (TPSA) is 69.2 Å². The van der Waals surface area contributed by atoms with E-state index in [-0.39, 0.29) is 11.7 Å². The molecule has 0 bridgehead atoms. The number of nitrogens with zero attached hydrogens (tertiary/aromatic N) is 1. The van der Waals surface area contributed by atoms with Crippen molar-refractivity contribution >= 4 is 5.69 Å². The molecule has 0 saturated carbocycles. The lowest BCUT2D eigenvalue weighted by Gasteiger charge is -2.08. The normalized spacial score (nSPS) is 12.1. The van der Waals surface area contributed by atoms with Crippen molar-refractivity contribution in [1.82, 2.24) is 0 Å². The fourth-order valence-electron chi connectivity index (χ4n) is 1.16. The lowest BCUT2D eigenvalue weighted by atomic mass is 10.0. The minimum atomic E-state index is -0.428. The fourth-order valence-corrected chi connectivity index (χ4v) is 1.16. The molecule has 0 spiro atoms. The standard InChI is InChI=1S/C10H12N2O2/c1-2-3-10(11)8-4-6-9(7-5-8)12(13)14/h2,4-7,10H,1,3,11H2. The summed E-state index contributed by atoms with van der Waals surface area (Å²) in [6.07, 6.45) is 2.39. The van der Waals surface area contributed by atoms with Gasteiger partial charge in [-0.25, -0.2) is 0 Å². The second-order valence-corrected chi connectivity index (χ2v) is 2.98. The minimum absolute atomic E-state index is 0.0829. The Bertz CT molecular complexity index is 332. The van der Waals surface area contributed by atoms with Crippen LogP contribution >= 0.6 is 0 Å². The Hall–Kier alpha value is -1.68. The first kappa shape index (κ1) is 10.4. The molecule has 0 amide bonds. The van der Waals surface area contributed by atoms with Crippen molar-refractivity contribution in [1.29, 1.82) is 0 Å². The van der Waals surface area contributed by atoms with E-state index >= 15 is 0 Å². The molecule has 1 atom stereocenters. The molecule has 2 N–H and O–H groups in total. The zero-order chi connectivity index (χ0) is 10.6. The van der Waals surface area contributed by atoms with Gasteiger partial charge in [-0.1, -0.05) is 18.2 Å².